The first-order chi connectivity index (χ1) is 9.23. The van der Waals surface area contributed by atoms with E-state index in [4.69, 9.17) is 9.47 Å². The molecule has 4 nitrogen and oxygen atoms in total. The second kappa shape index (κ2) is 6.79. The number of carbonyl (C=O) groups excluding carboxylic acids is 1. The Balaban J connectivity index is 2.98. The van der Waals surface area contributed by atoms with Crippen LogP contribution in [0.15, 0.2) is 34.6 Å². The topological polar surface area (TPSA) is 47.6 Å². The van der Waals surface area contributed by atoms with E-state index in [1.165, 1.54) is 13.3 Å². The highest BCUT2D eigenvalue weighted by molar-refractivity contribution is 9.10. The van der Waals surface area contributed by atoms with Gasteiger partial charge >= 0.3 is 5.97 Å². The van der Waals surface area contributed by atoms with Crippen LogP contribution in [0.25, 0.3) is 0 Å². The average molecular weight is 342 g/mol. The summed E-state index contributed by atoms with van der Waals surface area (Å²) in [4.78, 5) is 11.7. The molecule has 0 bridgehead atoms. The van der Waals surface area contributed by atoms with Crippen molar-refractivity contribution in [2.75, 3.05) is 7.11 Å². The summed E-state index contributed by atoms with van der Waals surface area (Å²) in [6, 6.07) is 5.63. The van der Waals surface area contributed by atoms with Crippen LogP contribution in [-0.4, -0.2) is 18.6 Å². The molecule has 110 valence electrons. The van der Waals surface area contributed by atoms with Crippen LogP contribution in [0.4, 0.5) is 0 Å². The molecule has 0 fully saturated rings. The number of methoxy groups -OCH3 is 1. The summed E-state index contributed by atoms with van der Waals surface area (Å²) >= 11 is 3.41. The number of aryl methyl sites for hydroxylation is 1. The number of ether oxygens (including phenoxy) is 2. The number of benzene rings is 1. The summed E-state index contributed by atoms with van der Waals surface area (Å²) in [7, 11) is 1.32. The first-order valence-corrected chi connectivity index (χ1v) is 7.02. The van der Waals surface area contributed by atoms with E-state index in [1.54, 1.807) is 6.07 Å². The highest BCUT2D eigenvalue weighted by Crippen LogP contribution is 2.27. The van der Waals surface area contributed by atoms with E-state index in [-0.39, 0.29) is 11.3 Å². The molecule has 0 heterocycles. The number of carbonyl (C=O) groups is 1. The Labute approximate surface area is 128 Å². The first kappa shape index (κ1) is 16.6. The zero-order valence-electron chi connectivity index (χ0n) is 12.4. The summed E-state index contributed by atoms with van der Waals surface area (Å²) in [5.74, 6) is 0.129. The van der Waals surface area contributed by atoms with E-state index in [0.29, 0.717) is 5.75 Å². The van der Waals surface area contributed by atoms with Gasteiger partial charge in [0.25, 0.3) is 0 Å². The molecule has 0 amide bonds. The van der Waals surface area contributed by atoms with Crippen LogP contribution in [0.2, 0.25) is 0 Å². The Morgan fingerprint density at radius 2 is 2.00 bits per heavy atom. The molecule has 0 saturated heterocycles. The molecule has 0 aromatic heterocycles. The summed E-state index contributed by atoms with van der Waals surface area (Å²) in [5, 5.41) is 3.09. The van der Waals surface area contributed by atoms with Crippen LogP contribution >= 0.6 is 15.9 Å². The van der Waals surface area contributed by atoms with E-state index < -0.39 is 5.97 Å². The molecule has 5 heteroatoms. The molecule has 0 unspecified atom stereocenters. The smallest absolute Gasteiger partial charge is 0.375 e. The highest BCUT2D eigenvalue weighted by atomic mass is 79.9. The maximum atomic E-state index is 11.7. The van der Waals surface area contributed by atoms with E-state index in [1.807, 2.05) is 39.8 Å². The van der Waals surface area contributed by atoms with E-state index in [2.05, 4.69) is 21.2 Å². The van der Waals surface area contributed by atoms with Gasteiger partial charge in [0.15, 0.2) is 0 Å². The fraction of sp³-hybridized carbons (Fsp3) is 0.400. The number of esters is 1. The molecule has 0 aliphatic carbocycles. The number of hydrogen-bond donors (Lipinski definition) is 1. The Morgan fingerprint density at radius 1 is 1.35 bits per heavy atom. The molecule has 20 heavy (non-hydrogen) atoms. The molecule has 0 aliphatic rings. The third-order valence-corrected chi connectivity index (χ3v) is 2.95. The van der Waals surface area contributed by atoms with Crippen molar-refractivity contribution in [2.24, 2.45) is 0 Å². The lowest BCUT2D eigenvalue weighted by Crippen LogP contribution is -2.32. The fourth-order valence-electron chi connectivity index (χ4n) is 1.32. The number of hydrogen-bond acceptors (Lipinski definition) is 4. The van der Waals surface area contributed by atoms with Gasteiger partial charge in [0.2, 0.25) is 5.76 Å². The van der Waals surface area contributed by atoms with Crippen LogP contribution in [-0.2, 0) is 9.53 Å². The Hall–Kier alpha value is -1.49. The second-order valence-electron chi connectivity index (χ2n) is 5.43. The first-order valence-electron chi connectivity index (χ1n) is 6.23. The van der Waals surface area contributed by atoms with Crippen LogP contribution < -0.4 is 10.1 Å². The van der Waals surface area contributed by atoms with E-state index >= 15 is 0 Å². The fourth-order valence-corrected chi connectivity index (χ4v) is 1.89. The Bertz CT molecular complexity index is 518. The van der Waals surface area contributed by atoms with Gasteiger partial charge in [0.05, 0.1) is 11.6 Å². The standard InChI is InChI=1S/C15H20BrNO3/c1-10-6-7-12(11(16)8-10)20-13(14(18)19-5)9-17-15(2,3)4/h6-9,17H,1-5H3/b13-9+. The van der Waals surface area contributed by atoms with Crippen molar-refractivity contribution in [1.29, 1.82) is 0 Å². The zero-order valence-corrected chi connectivity index (χ0v) is 14.0. The third-order valence-electron chi connectivity index (χ3n) is 2.33. The zero-order chi connectivity index (χ0) is 15.3. The molecular weight excluding hydrogens is 322 g/mol. The summed E-state index contributed by atoms with van der Waals surface area (Å²) < 4.78 is 11.1. The van der Waals surface area contributed by atoms with Crippen molar-refractivity contribution < 1.29 is 14.3 Å². The molecule has 1 aromatic carbocycles. The number of nitrogens with one attached hydrogen (secondary N) is 1. The summed E-state index contributed by atoms with van der Waals surface area (Å²) in [6.07, 6.45) is 1.53. The van der Waals surface area contributed by atoms with Gasteiger partial charge in [-0.05, 0) is 61.3 Å². The van der Waals surface area contributed by atoms with Crippen molar-refractivity contribution in [3.63, 3.8) is 0 Å². The van der Waals surface area contributed by atoms with Crippen LogP contribution in [0.1, 0.15) is 26.3 Å². The lowest BCUT2D eigenvalue weighted by Gasteiger charge is -2.19. The predicted molar refractivity (Wildman–Crippen MR) is 82.5 cm³/mol. The van der Waals surface area contributed by atoms with Gasteiger partial charge in [0, 0.05) is 11.7 Å². The van der Waals surface area contributed by atoms with Crippen LogP contribution in [0.5, 0.6) is 5.75 Å². The van der Waals surface area contributed by atoms with Gasteiger partial charge in [-0.1, -0.05) is 6.07 Å². The average Bonchev–Trinajstić information content (AvgIpc) is 2.34. The molecule has 0 radical (unpaired) electrons. The predicted octanol–water partition coefficient (Wildman–Crippen LogP) is 3.54. The minimum Gasteiger partial charge on any atom is -0.463 e. The lowest BCUT2D eigenvalue weighted by atomic mass is 10.1. The summed E-state index contributed by atoms with van der Waals surface area (Å²) in [5.41, 5.74) is 0.924. The SMILES string of the molecule is COC(=O)/C(=C\NC(C)(C)C)Oc1ccc(C)cc1Br. The molecule has 0 aliphatic heterocycles. The maximum Gasteiger partial charge on any atom is 0.375 e. The third kappa shape index (κ3) is 5.25. The summed E-state index contributed by atoms with van der Waals surface area (Å²) in [6.45, 7) is 7.94. The number of halogens is 1. The van der Waals surface area contributed by atoms with Crippen LogP contribution in [0.3, 0.4) is 0 Å². The van der Waals surface area contributed by atoms with Gasteiger partial charge < -0.3 is 14.8 Å². The molecule has 1 N–H and O–H groups in total. The minimum atomic E-state index is -0.533. The van der Waals surface area contributed by atoms with Crippen molar-refractivity contribution in [2.45, 2.75) is 33.2 Å². The monoisotopic (exact) mass is 341 g/mol. The second-order valence-corrected chi connectivity index (χ2v) is 6.28. The largest absolute Gasteiger partial charge is 0.463 e. The normalized spacial score (nSPS) is 12.0. The quantitative estimate of drug-likeness (QED) is 0.517. The van der Waals surface area contributed by atoms with Gasteiger partial charge in [0.1, 0.15) is 5.75 Å². The molecule has 1 rings (SSSR count). The van der Waals surface area contributed by atoms with Crippen molar-refractivity contribution in [1.82, 2.24) is 5.32 Å². The Kier molecular flexibility index (Phi) is 5.62. The highest BCUT2D eigenvalue weighted by Gasteiger charge is 2.16. The number of rotatable bonds is 4. The molecule has 0 spiro atoms. The Morgan fingerprint density at radius 3 is 2.50 bits per heavy atom. The van der Waals surface area contributed by atoms with Crippen molar-refractivity contribution in [3.8, 4) is 5.75 Å². The van der Waals surface area contributed by atoms with Gasteiger partial charge in [-0.3, -0.25) is 0 Å². The van der Waals surface area contributed by atoms with Crippen molar-refractivity contribution >= 4 is 21.9 Å². The maximum absolute atomic E-state index is 11.7. The van der Waals surface area contributed by atoms with E-state index in [9.17, 15) is 4.79 Å². The van der Waals surface area contributed by atoms with Crippen LogP contribution in [0, 0.1) is 6.92 Å². The lowest BCUT2D eigenvalue weighted by molar-refractivity contribution is -0.138. The molecule has 0 saturated carbocycles. The minimum absolute atomic E-state index is 0.104. The van der Waals surface area contributed by atoms with Crippen molar-refractivity contribution in [3.05, 3.63) is 40.2 Å². The molecular formula is C15H20BrNO3. The van der Waals surface area contributed by atoms with Gasteiger partial charge in [-0.2, -0.15) is 0 Å². The van der Waals surface area contributed by atoms with E-state index in [0.717, 1.165) is 10.0 Å². The molecule has 1 aromatic rings. The van der Waals surface area contributed by atoms with Gasteiger partial charge in [-0.25, -0.2) is 4.79 Å². The van der Waals surface area contributed by atoms with Gasteiger partial charge in [-0.15, -0.1) is 0 Å². The molecule has 0 atom stereocenters.